The number of carbonyl (C=O) groups is 1. The van der Waals surface area contributed by atoms with E-state index in [1.165, 1.54) is 12.3 Å². The van der Waals surface area contributed by atoms with E-state index in [1.807, 2.05) is 0 Å². The lowest BCUT2D eigenvalue weighted by Gasteiger charge is -2.27. The number of aromatic nitrogens is 1. The van der Waals surface area contributed by atoms with Crippen molar-refractivity contribution in [2.24, 2.45) is 11.1 Å². The summed E-state index contributed by atoms with van der Waals surface area (Å²) in [5.41, 5.74) is -0.413. The molecule has 10 heteroatoms. The van der Waals surface area contributed by atoms with Crippen molar-refractivity contribution in [1.82, 2.24) is 10.0 Å². The van der Waals surface area contributed by atoms with Crippen LogP contribution in [0.4, 0.5) is 0 Å². The number of hydrogen-bond acceptors (Lipinski definition) is 6. The quantitative estimate of drug-likeness (QED) is 0.494. The first kappa shape index (κ1) is 16.6. The third-order valence-electron chi connectivity index (χ3n) is 3.61. The van der Waals surface area contributed by atoms with Gasteiger partial charge in [-0.2, -0.15) is 8.42 Å². The molecule has 0 aromatic carbocycles. The van der Waals surface area contributed by atoms with Gasteiger partial charge in [0.2, 0.25) is 5.56 Å². The topological polar surface area (TPSA) is 143 Å². The predicted molar refractivity (Wildman–Crippen MR) is 75.2 cm³/mol. The molecule has 1 heterocycles. The minimum Gasteiger partial charge on any atom is -0.329 e. The smallest absolute Gasteiger partial charge is 0.329 e. The molecule has 22 heavy (non-hydrogen) atoms. The first-order valence-corrected chi connectivity index (χ1v) is 8.13. The minimum absolute atomic E-state index is 0.0456. The maximum atomic E-state index is 12.2. The summed E-state index contributed by atoms with van der Waals surface area (Å²) in [5.74, 6) is -1.08. The highest BCUT2D eigenvalue weighted by Crippen LogP contribution is 2.30. The van der Waals surface area contributed by atoms with Gasteiger partial charge in [0.15, 0.2) is 0 Å². The molecular formula is C12H17N3O6S. The lowest BCUT2D eigenvalue weighted by atomic mass is 10.0. The molecule has 1 aliphatic carbocycles. The number of nitrogens with one attached hydrogen (secondary N) is 1. The van der Waals surface area contributed by atoms with Crippen LogP contribution in [0.5, 0.6) is 0 Å². The van der Waals surface area contributed by atoms with E-state index < -0.39 is 27.8 Å². The van der Waals surface area contributed by atoms with Gasteiger partial charge in [0.05, 0.1) is 12.6 Å². The van der Waals surface area contributed by atoms with Gasteiger partial charge in [0.25, 0.3) is 5.91 Å². The van der Waals surface area contributed by atoms with Crippen molar-refractivity contribution >= 4 is 16.2 Å². The first-order chi connectivity index (χ1) is 10.3. The van der Waals surface area contributed by atoms with Gasteiger partial charge in [0.1, 0.15) is 0 Å². The van der Waals surface area contributed by atoms with Gasteiger partial charge in [0, 0.05) is 23.7 Å². The monoisotopic (exact) mass is 331 g/mol. The van der Waals surface area contributed by atoms with Gasteiger partial charge >= 0.3 is 10.3 Å². The van der Waals surface area contributed by atoms with Crippen molar-refractivity contribution < 1.29 is 22.6 Å². The maximum Gasteiger partial charge on any atom is 0.333 e. The Morgan fingerprint density at radius 2 is 2.23 bits per heavy atom. The van der Waals surface area contributed by atoms with Crippen LogP contribution in [0.1, 0.15) is 29.6 Å². The van der Waals surface area contributed by atoms with E-state index in [0.29, 0.717) is 24.3 Å². The van der Waals surface area contributed by atoms with Crippen LogP contribution in [0, 0.1) is 5.92 Å². The molecular weight excluding hydrogens is 314 g/mol. The predicted octanol–water partition coefficient (Wildman–Crippen LogP) is -0.405. The molecule has 0 saturated heterocycles. The number of carbonyl (C=O) groups excluding carboxylic acids is 1. The van der Waals surface area contributed by atoms with Gasteiger partial charge in [-0.1, -0.05) is 6.42 Å². The van der Waals surface area contributed by atoms with E-state index in [4.69, 9.17) is 5.14 Å². The molecule has 0 bridgehead atoms. The zero-order chi connectivity index (χ0) is 16.3. The van der Waals surface area contributed by atoms with Crippen molar-refractivity contribution in [1.29, 1.82) is 0 Å². The Balaban J connectivity index is 2.08. The van der Waals surface area contributed by atoms with Gasteiger partial charge in [-0.25, -0.2) is 10.2 Å². The van der Waals surface area contributed by atoms with Crippen molar-refractivity contribution in [2.75, 3.05) is 6.61 Å². The molecule has 2 rings (SSSR count). The van der Waals surface area contributed by atoms with Crippen LogP contribution >= 0.6 is 0 Å². The van der Waals surface area contributed by atoms with Crippen molar-refractivity contribution in [2.45, 2.75) is 25.3 Å². The number of amides is 1. The average molecular weight is 331 g/mol. The molecule has 1 fully saturated rings. The molecule has 122 valence electrons. The second-order valence-corrected chi connectivity index (χ2v) is 6.35. The van der Waals surface area contributed by atoms with E-state index in [9.17, 15) is 23.2 Å². The first-order valence-electron chi connectivity index (χ1n) is 6.66. The lowest BCUT2D eigenvalue weighted by Crippen LogP contribution is -2.41. The Labute approximate surface area is 126 Å². The fraction of sp³-hybridized carbons (Fsp3) is 0.500. The summed E-state index contributed by atoms with van der Waals surface area (Å²) >= 11 is 0. The number of nitrogens with two attached hydrogens (primary N) is 1. The van der Waals surface area contributed by atoms with Gasteiger partial charge < -0.3 is 4.98 Å². The van der Waals surface area contributed by atoms with Gasteiger partial charge in [-0.05, 0) is 18.9 Å². The van der Waals surface area contributed by atoms with E-state index >= 15 is 0 Å². The Morgan fingerprint density at radius 3 is 2.86 bits per heavy atom. The van der Waals surface area contributed by atoms with Crippen LogP contribution in [-0.2, 0) is 14.5 Å². The SMILES string of the molecule is NS(=O)(=O)OCC1CCCC1N(O)C(=O)c1cc[nH]c(=O)c1. The number of pyridine rings is 1. The number of H-pyrrole nitrogens is 1. The fourth-order valence-electron chi connectivity index (χ4n) is 2.58. The molecule has 2 unspecified atom stereocenters. The van der Waals surface area contributed by atoms with Crippen molar-refractivity contribution in [3.05, 3.63) is 34.2 Å². The van der Waals surface area contributed by atoms with E-state index in [0.717, 1.165) is 6.07 Å². The van der Waals surface area contributed by atoms with E-state index in [2.05, 4.69) is 9.17 Å². The summed E-state index contributed by atoms with van der Waals surface area (Å²) < 4.78 is 26.2. The molecule has 1 aromatic rings. The summed E-state index contributed by atoms with van der Waals surface area (Å²) in [6.07, 6.45) is 3.12. The highest BCUT2D eigenvalue weighted by atomic mass is 32.2. The standard InChI is InChI=1S/C12H17N3O6S/c13-22(19,20)21-7-9-2-1-3-10(9)15(18)12(17)8-4-5-14-11(16)6-8/h4-6,9-10,18H,1-3,7H2,(H,14,16)(H2,13,19,20). The molecule has 1 aliphatic rings. The molecule has 4 N–H and O–H groups in total. The second-order valence-electron chi connectivity index (χ2n) is 5.13. The summed E-state index contributed by atoms with van der Waals surface area (Å²) in [6, 6.07) is 1.86. The summed E-state index contributed by atoms with van der Waals surface area (Å²) in [7, 11) is -4.07. The maximum absolute atomic E-state index is 12.2. The van der Waals surface area contributed by atoms with Crippen LogP contribution < -0.4 is 10.7 Å². The Bertz CT molecular complexity index is 701. The lowest BCUT2D eigenvalue weighted by molar-refractivity contribution is -0.100. The molecule has 1 amide bonds. The largest absolute Gasteiger partial charge is 0.333 e. The Morgan fingerprint density at radius 1 is 1.50 bits per heavy atom. The highest BCUT2D eigenvalue weighted by Gasteiger charge is 2.35. The van der Waals surface area contributed by atoms with Crippen LogP contribution in [-0.4, -0.2) is 42.2 Å². The normalized spacial score (nSPS) is 21.7. The average Bonchev–Trinajstić information content (AvgIpc) is 2.91. The molecule has 0 radical (unpaired) electrons. The number of hydrogen-bond donors (Lipinski definition) is 3. The Hall–Kier alpha value is -1.75. The number of aromatic amines is 1. The fourth-order valence-corrected chi connectivity index (χ4v) is 2.94. The van der Waals surface area contributed by atoms with Crippen molar-refractivity contribution in [3.63, 3.8) is 0 Å². The molecule has 2 atom stereocenters. The third-order valence-corrected chi connectivity index (χ3v) is 4.07. The number of nitrogens with zero attached hydrogens (tertiary/aromatic N) is 1. The zero-order valence-corrected chi connectivity index (χ0v) is 12.5. The summed E-state index contributed by atoms with van der Waals surface area (Å²) in [5, 5.41) is 15.4. The minimum atomic E-state index is -4.07. The van der Waals surface area contributed by atoms with Crippen LogP contribution in [0.15, 0.2) is 23.1 Å². The Kier molecular flexibility index (Phi) is 4.96. The second kappa shape index (κ2) is 6.57. The van der Waals surface area contributed by atoms with Gasteiger partial charge in [-0.15, -0.1) is 0 Å². The molecule has 9 nitrogen and oxygen atoms in total. The number of rotatable bonds is 5. The van der Waals surface area contributed by atoms with Crippen LogP contribution in [0.2, 0.25) is 0 Å². The molecule has 0 aliphatic heterocycles. The zero-order valence-electron chi connectivity index (χ0n) is 11.6. The third kappa shape index (κ3) is 4.13. The summed E-state index contributed by atoms with van der Waals surface area (Å²) in [6.45, 7) is -0.205. The molecule has 0 spiro atoms. The summed E-state index contributed by atoms with van der Waals surface area (Å²) in [4.78, 5) is 25.7. The molecule has 1 aromatic heterocycles. The van der Waals surface area contributed by atoms with Crippen LogP contribution in [0.25, 0.3) is 0 Å². The van der Waals surface area contributed by atoms with E-state index in [1.54, 1.807) is 0 Å². The molecule has 1 saturated carbocycles. The van der Waals surface area contributed by atoms with Crippen molar-refractivity contribution in [3.8, 4) is 0 Å². The van der Waals surface area contributed by atoms with Gasteiger partial charge in [-0.3, -0.25) is 19.0 Å². The number of hydroxylamine groups is 2. The van der Waals surface area contributed by atoms with Crippen LogP contribution in [0.3, 0.4) is 0 Å². The highest BCUT2D eigenvalue weighted by molar-refractivity contribution is 7.84. The van der Waals surface area contributed by atoms with E-state index in [-0.39, 0.29) is 18.1 Å².